The highest BCUT2D eigenvalue weighted by molar-refractivity contribution is 5.42. The van der Waals surface area contributed by atoms with E-state index in [1.54, 1.807) is 0 Å². The fourth-order valence-corrected chi connectivity index (χ4v) is 5.28. The Bertz CT molecular complexity index is 517. The first-order chi connectivity index (χ1) is 10.3. The van der Waals surface area contributed by atoms with Gasteiger partial charge in [0.25, 0.3) is 0 Å². The number of aromatic nitrogens is 1. The lowest BCUT2D eigenvalue weighted by atomic mass is 9.52. The van der Waals surface area contributed by atoms with Crippen molar-refractivity contribution in [1.82, 2.24) is 4.98 Å². The summed E-state index contributed by atoms with van der Waals surface area (Å²) in [4.78, 5) is 3.13. The molecule has 0 aliphatic heterocycles. The third-order valence-corrected chi connectivity index (χ3v) is 5.77. The first-order valence-corrected chi connectivity index (χ1v) is 8.18. The van der Waals surface area contributed by atoms with E-state index >= 15 is 0 Å². The van der Waals surface area contributed by atoms with Crippen LogP contribution in [0.4, 0.5) is 5.69 Å². The average molecular weight is 285 g/mol. The summed E-state index contributed by atoms with van der Waals surface area (Å²) in [5, 5.41) is 12.5. The predicted octanol–water partition coefficient (Wildman–Crippen LogP) is 3.30. The molecule has 2 atom stereocenters. The van der Waals surface area contributed by atoms with Crippen molar-refractivity contribution in [3.63, 3.8) is 0 Å². The molecule has 0 spiro atoms. The standard InChI is InChI=1S/C17H23N3O/c18-3-1-5-21-17-8-12-6-13(9-17)16(14(7-12)10-17)20-15-2-4-19-11-15/h2,4,11-14,16,19-20H,1,5-10H2. The van der Waals surface area contributed by atoms with Crippen LogP contribution in [0.15, 0.2) is 18.5 Å². The minimum absolute atomic E-state index is 0.0870. The van der Waals surface area contributed by atoms with Crippen molar-refractivity contribution in [2.24, 2.45) is 17.8 Å². The van der Waals surface area contributed by atoms with E-state index in [4.69, 9.17) is 10.00 Å². The molecule has 1 aromatic heterocycles. The number of H-pyrrole nitrogens is 1. The molecule has 1 heterocycles. The van der Waals surface area contributed by atoms with Crippen LogP contribution < -0.4 is 5.32 Å². The largest absolute Gasteiger partial charge is 0.381 e. The Morgan fingerprint density at radius 3 is 2.81 bits per heavy atom. The van der Waals surface area contributed by atoms with Gasteiger partial charge in [0.2, 0.25) is 0 Å². The highest BCUT2D eigenvalue weighted by atomic mass is 16.5. The molecule has 112 valence electrons. The molecule has 0 aromatic carbocycles. The zero-order valence-corrected chi connectivity index (χ0v) is 12.3. The fourth-order valence-electron chi connectivity index (χ4n) is 5.28. The van der Waals surface area contributed by atoms with E-state index in [0.717, 1.165) is 17.8 Å². The Labute approximate surface area is 125 Å². The van der Waals surface area contributed by atoms with Crippen LogP contribution in [-0.4, -0.2) is 23.2 Å². The van der Waals surface area contributed by atoms with Gasteiger partial charge in [0.15, 0.2) is 0 Å². The molecule has 4 aliphatic rings. The van der Waals surface area contributed by atoms with Crippen molar-refractivity contribution in [2.75, 3.05) is 11.9 Å². The minimum Gasteiger partial charge on any atom is -0.381 e. The zero-order chi connectivity index (χ0) is 14.3. The summed E-state index contributed by atoms with van der Waals surface area (Å²) in [6.07, 6.45) is 10.8. The summed E-state index contributed by atoms with van der Waals surface area (Å²) in [7, 11) is 0. The molecule has 4 fully saturated rings. The van der Waals surface area contributed by atoms with Crippen LogP contribution in [0.5, 0.6) is 0 Å². The van der Waals surface area contributed by atoms with Crippen LogP contribution in [0.25, 0.3) is 0 Å². The van der Waals surface area contributed by atoms with E-state index in [9.17, 15) is 0 Å². The zero-order valence-electron chi connectivity index (χ0n) is 12.3. The molecule has 4 heteroatoms. The molecule has 2 N–H and O–H groups in total. The van der Waals surface area contributed by atoms with Crippen LogP contribution in [-0.2, 0) is 4.74 Å². The number of ether oxygens (including phenoxy) is 1. The lowest BCUT2D eigenvalue weighted by molar-refractivity contribution is -0.165. The van der Waals surface area contributed by atoms with Gasteiger partial charge in [-0.1, -0.05) is 0 Å². The second kappa shape index (κ2) is 5.06. The quantitative estimate of drug-likeness (QED) is 0.816. The molecule has 4 aliphatic carbocycles. The molecule has 4 nitrogen and oxygen atoms in total. The smallest absolute Gasteiger partial charge is 0.0692 e. The summed E-state index contributed by atoms with van der Waals surface area (Å²) < 4.78 is 6.21. The third kappa shape index (κ3) is 2.34. The van der Waals surface area contributed by atoms with Crippen molar-refractivity contribution < 1.29 is 4.74 Å². The Kier molecular flexibility index (Phi) is 3.19. The maximum atomic E-state index is 8.72. The predicted molar refractivity (Wildman–Crippen MR) is 80.7 cm³/mol. The summed E-state index contributed by atoms with van der Waals surface area (Å²) in [5.41, 5.74) is 1.30. The first-order valence-electron chi connectivity index (χ1n) is 8.18. The minimum atomic E-state index is 0.0870. The summed E-state index contributed by atoms with van der Waals surface area (Å²) in [5.74, 6) is 2.30. The number of nitrogens with one attached hydrogen (secondary N) is 2. The summed E-state index contributed by atoms with van der Waals surface area (Å²) >= 11 is 0. The maximum Gasteiger partial charge on any atom is 0.0692 e. The number of anilines is 1. The van der Waals surface area contributed by atoms with Gasteiger partial charge in [0, 0.05) is 18.4 Å². The Morgan fingerprint density at radius 1 is 1.33 bits per heavy atom. The topological polar surface area (TPSA) is 60.8 Å². The van der Waals surface area contributed by atoms with Crippen molar-refractivity contribution in [3.8, 4) is 6.07 Å². The Balaban J connectivity index is 1.48. The second-order valence-corrected chi connectivity index (χ2v) is 7.18. The molecule has 0 saturated heterocycles. The second-order valence-electron chi connectivity index (χ2n) is 7.18. The van der Waals surface area contributed by atoms with E-state index in [1.165, 1.54) is 37.8 Å². The number of aromatic amines is 1. The van der Waals surface area contributed by atoms with E-state index in [2.05, 4.69) is 22.4 Å². The molecule has 21 heavy (non-hydrogen) atoms. The van der Waals surface area contributed by atoms with E-state index < -0.39 is 0 Å². The maximum absolute atomic E-state index is 8.72. The average Bonchev–Trinajstić information content (AvgIpc) is 2.95. The highest BCUT2D eigenvalue weighted by Crippen LogP contribution is 2.57. The van der Waals surface area contributed by atoms with Gasteiger partial charge < -0.3 is 15.0 Å². The van der Waals surface area contributed by atoms with Gasteiger partial charge in [-0.2, -0.15) is 5.26 Å². The molecular weight excluding hydrogens is 262 g/mol. The number of rotatable bonds is 5. The van der Waals surface area contributed by atoms with Gasteiger partial charge >= 0.3 is 0 Å². The first kappa shape index (κ1) is 13.2. The number of nitriles is 1. The molecular formula is C17H23N3O. The van der Waals surface area contributed by atoms with E-state index in [0.29, 0.717) is 19.1 Å². The van der Waals surface area contributed by atoms with Gasteiger partial charge in [-0.25, -0.2) is 0 Å². The van der Waals surface area contributed by atoms with E-state index in [-0.39, 0.29) is 5.60 Å². The summed E-state index contributed by atoms with van der Waals surface area (Å²) in [6, 6.07) is 4.92. The van der Waals surface area contributed by atoms with Gasteiger partial charge in [-0.15, -0.1) is 0 Å². The Hall–Kier alpha value is -1.47. The van der Waals surface area contributed by atoms with Crippen LogP contribution in [0.2, 0.25) is 0 Å². The lowest BCUT2D eigenvalue weighted by Gasteiger charge is -2.59. The molecule has 5 rings (SSSR count). The molecule has 0 radical (unpaired) electrons. The number of hydrogen-bond donors (Lipinski definition) is 2. The van der Waals surface area contributed by atoms with Crippen molar-refractivity contribution in [3.05, 3.63) is 18.5 Å². The molecule has 4 bridgehead atoms. The van der Waals surface area contributed by atoms with Crippen LogP contribution in [0.1, 0.15) is 38.5 Å². The molecule has 0 amide bonds. The van der Waals surface area contributed by atoms with Crippen molar-refractivity contribution in [2.45, 2.75) is 50.2 Å². The monoisotopic (exact) mass is 285 g/mol. The van der Waals surface area contributed by atoms with Crippen molar-refractivity contribution >= 4 is 5.69 Å². The van der Waals surface area contributed by atoms with Crippen molar-refractivity contribution in [1.29, 1.82) is 5.26 Å². The molecule has 4 saturated carbocycles. The fraction of sp³-hybridized carbons (Fsp3) is 0.706. The normalized spacial score (nSPS) is 40.1. The van der Waals surface area contributed by atoms with Crippen LogP contribution in [0.3, 0.4) is 0 Å². The Morgan fingerprint density at radius 2 is 2.14 bits per heavy atom. The molecule has 1 aromatic rings. The lowest BCUT2D eigenvalue weighted by Crippen LogP contribution is -2.59. The van der Waals surface area contributed by atoms with Gasteiger partial charge in [-0.05, 0) is 55.9 Å². The number of hydrogen-bond acceptors (Lipinski definition) is 3. The SMILES string of the molecule is N#CCCOC12CC3CC(C1)C(Nc1cc[nH]c1)C(C3)C2. The van der Waals surface area contributed by atoms with Crippen LogP contribution >= 0.6 is 0 Å². The third-order valence-electron chi connectivity index (χ3n) is 5.77. The summed E-state index contributed by atoms with van der Waals surface area (Å²) in [6.45, 7) is 0.610. The van der Waals surface area contributed by atoms with Crippen LogP contribution in [0, 0.1) is 29.1 Å². The van der Waals surface area contributed by atoms with Gasteiger partial charge in [0.1, 0.15) is 0 Å². The highest BCUT2D eigenvalue weighted by Gasteiger charge is 2.56. The van der Waals surface area contributed by atoms with E-state index in [1.807, 2.05) is 12.4 Å². The van der Waals surface area contributed by atoms with Gasteiger partial charge in [0.05, 0.1) is 30.4 Å². The molecule has 2 unspecified atom stereocenters. The van der Waals surface area contributed by atoms with Gasteiger partial charge in [-0.3, -0.25) is 0 Å². The number of nitrogens with zero attached hydrogens (tertiary/aromatic N) is 1.